The van der Waals surface area contributed by atoms with Crippen molar-refractivity contribution in [2.45, 2.75) is 20.0 Å². The number of nitrogens with zero attached hydrogens (tertiary/aromatic N) is 1. The van der Waals surface area contributed by atoms with E-state index in [-0.39, 0.29) is 12.1 Å². The third kappa shape index (κ3) is 3.12. The van der Waals surface area contributed by atoms with Crippen LogP contribution >= 0.6 is 0 Å². The average molecular weight is 197 g/mol. The lowest BCUT2D eigenvalue weighted by Crippen LogP contribution is -2.53. The molecule has 2 N–H and O–H groups in total. The summed E-state index contributed by atoms with van der Waals surface area (Å²) in [5, 5.41) is 6.18. The first-order valence-electron chi connectivity index (χ1n) is 5.02. The van der Waals surface area contributed by atoms with E-state index < -0.39 is 0 Å². The SMILES string of the molecule is C=C(C)C(=O)NC(C)N1CCNCC1. The van der Waals surface area contributed by atoms with Crippen molar-refractivity contribution in [1.29, 1.82) is 0 Å². The molecule has 14 heavy (non-hydrogen) atoms. The molecule has 1 aliphatic rings. The predicted octanol–water partition coefficient (Wildman–Crippen LogP) is -0.0701. The van der Waals surface area contributed by atoms with Crippen LogP contribution in [0.15, 0.2) is 12.2 Å². The van der Waals surface area contributed by atoms with Gasteiger partial charge in [0.2, 0.25) is 5.91 Å². The second kappa shape index (κ2) is 5.12. The molecular weight excluding hydrogens is 178 g/mol. The molecule has 0 saturated carbocycles. The second-order valence-corrected chi connectivity index (χ2v) is 3.72. The van der Waals surface area contributed by atoms with Crippen molar-refractivity contribution in [3.8, 4) is 0 Å². The molecule has 0 bridgehead atoms. The standard InChI is InChI=1S/C10H19N3O/c1-8(2)10(14)12-9(3)13-6-4-11-5-7-13/h9,11H,1,4-7H2,2-3H3,(H,12,14). The predicted molar refractivity (Wildman–Crippen MR) is 56.9 cm³/mol. The Kier molecular flexibility index (Phi) is 4.10. The Bertz CT molecular complexity index is 221. The fourth-order valence-electron chi connectivity index (χ4n) is 1.47. The molecule has 0 aromatic rings. The summed E-state index contributed by atoms with van der Waals surface area (Å²) in [6.07, 6.45) is 0.0984. The van der Waals surface area contributed by atoms with Gasteiger partial charge in [-0.2, -0.15) is 0 Å². The number of amides is 1. The molecule has 4 heteroatoms. The molecule has 0 spiro atoms. The lowest BCUT2D eigenvalue weighted by Gasteiger charge is -2.33. The Morgan fingerprint density at radius 1 is 1.50 bits per heavy atom. The molecule has 1 saturated heterocycles. The Morgan fingerprint density at radius 2 is 2.07 bits per heavy atom. The fourth-order valence-corrected chi connectivity index (χ4v) is 1.47. The first kappa shape index (κ1) is 11.2. The van der Waals surface area contributed by atoms with E-state index in [1.807, 2.05) is 6.92 Å². The van der Waals surface area contributed by atoms with E-state index in [0.717, 1.165) is 26.2 Å². The number of piperazine rings is 1. The van der Waals surface area contributed by atoms with Gasteiger partial charge in [-0.1, -0.05) is 6.58 Å². The van der Waals surface area contributed by atoms with E-state index in [0.29, 0.717) is 5.57 Å². The van der Waals surface area contributed by atoms with Gasteiger partial charge in [0.15, 0.2) is 0 Å². The van der Waals surface area contributed by atoms with Crippen LogP contribution in [0, 0.1) is 0 Å². The molecule has 80 valence electrons. The largest absolute Gasteiger partial charge is 0.337 e. The molecule has 0 aromatic carbocycles. The highest BCUT2D eigenvalue weighted by atomic mass is 16.1. The molecule has 0 aromatic heterocycles. The Hall–Kier alpha value is -0.870. The lowest BCUT2D eigenvalue weighted by atomic mass is 10.3. The van der Waals surface area contributed by atoms with Gasteiger partial charge in [0.25, 0.3) is 0 Å². The molecule has 0 aliphatic carbocycles. The Morgan fingerprint density at radius 3 is 2.57 bits per heavy atom. The quantitative estimate of drug-likeness (QED) is 0.623. The first-order chi connectivity index (χ1) is 6.61. The molecule has 0 radical (unpaired) electrons. The summed E-state index contributed by atoms with van der Waals surface area (Å²) < 4.78 is 0. The van der Waals surface area contributed by atoms with Crippen molar-refractivity contribution in [3.05, 3.63) is 12.2 Å². The van der Waals surface area contributed by atoms with Crippen LogP contribution in [0.1, 0.15) is 13.8 Å². The minimum atomic E-state index is -0.0592. The molecular formula is C10H19N3O. The van der Waals surface area contributed by atoms with Gasteiger partial charge in [0, 0.05) is 31.8 Å². The molecule has 1 fully saturated rings. The zero-order valence-corrected chi connectivity index (χ0v) is 8.97. The maximum Gasteiger partial charge on any atom is 0.247 e. The van der Waals surface area contributed by atoms with Crippen LogP contribution in [0.2, 0.25) is 0 Å². The van der Waals surface area contributed by atoms with Crippen LogP contribution < -0.4 is 10.6 Å². The number of carbonyl (C=O) groups excluding carboxylic acids is 1. The molecule has 1 rings (SSSR count). The van der Waals surface area contributed by atoms with Gasteiger partial charge in [-0.15, -0.1) is 0 Å². The van der Waals surface area contributed by atoms with Gasteiger partial charge in [-0.3, -0.25) is 9.69 Å². The Balaban J connectivity index is 2.36. The summed E-state index contributed by atoms with van der Waals surface area (Å²) >= 11 is 0. The van der Waals surface area contributed by atoms with Crippen LogP contribution in [0.3, 0.4) is 0 Å². The van der Waals surface area contributed by atoms with E-state index in [1.54, 1.807) is 6.92 Å². The van der Waals surface area contributed by atoms with Crippen molar-refractivity contribution >= 4 is 5.91 Å². The zero-order valence-electron chi connectivity index (χ0n) is 8.97. The van der Waals surface area contributed by atoms with E-state index in [9.17, 15) is 4.79 Å². The van der Waals surface area contributed by atoms with E-state index >= 15 is 0 Å². The summed E-state index contributed by atoms with van der Waals surface area (Å²) in [5.74, 6) is -0.0592. The van der Waals surface area contributed by atoms with Crippen LogP contribution in [-0.2, 0) is 4.79 Å². The van der Waals surface area contributed by atoms with Crippen LogP contribution in [0.4, 0.5) is 0 Å². The smallest absolute Gasteiger partial charge is 0.247 e. The summed E-state index contributed by atoms with van der Waals surface area (Å²) in [6.45, 7) is 11.3. The number of rotatable bonds is 3. The number of nitrogens with one attached hydrogen (secondary N) is 2. The summed E-state index contributed by atoms with van der Waals surface area (Å²) in [5.41, 5.74) is 0.562. The molecule has 1 unspecified atom stereocenters. The van der Waals surface area contributed by atoms with Crippen LogP contribution in [0.5, 0.6) is 0 Å². The zero-order chi connectivity index (χ0) is 10.6. The molecule has 1 atom stereocenters. The van der Waals surface area contributed by atoms with Crippen LogP contribution in [-0.4, -0.2) is 43.2 Å². The van der Waals surface area contributed by atoms with Gasteiger partial charge in [-0.05, 0) is 13.8 Å². The summed E-state index contributed by atoms with van der Waals surface area (Å²) in [7, 11) is 0. The maximum atomic E-state index is 11.3. The number of hydrogen-bond acceptors (Lipinski definition) is 3. The highest BCUT2D eigenvalue weighted by Crippen LogP contribution is 1.99. The minimum Gasteiger partial charge on any atom is -0.337 e. The van der Waals surface area contributed by atoms with Gasteiger partial charge >= 0.3 is 0 Å². The van der Waals surface area contributed by atoms with E-state index in [1.165, 1.54) is 0 Å². The minimum absolute atomic E-state index is 0.0592. The Labute approximate surface area is 85.3 Å². The average Bonchev–Trinajstić information content (AvgIpc) is 2.19. The van der Waals surface area contributed by atoms with Crippen LogP contribution in [0.25, 0.3) is 0 Å². The monoisotopic (exact) mass is 197 g/mol. The molecule has 1 heterocycles. The topological polar surface area (TPSA) is 44.4 Å². The lowest BCUT2D eigenvalue weighted by molar-refractivity contribution is -0.119. The van der Waals surface area contributed by atoms with Gasteiger partial charge in [0.1, 0.15) is 0 Å². The first-order valence-corrected chi connectivity index (χ1v) is 5.02. The molecule has 1 amide bonds. The third-order valence-corrected chi connectivity index (χ3v) is 2.43. The van der Waals surface area contributed by atoms with Gasteiger partial charge in [0.05, 0.1) is 6.17 Å². The summed E-state index contributed by atoms with van der Waals surface area (Å²) in [6, 6.07) is 0. The summed E-state index contributed by atoms with van der Waals surface area (Å²) in [4.78, 5) is 13.6. The van der Waals surface area contributed by atoms with E-state index in [4.69, 9.17) is 0 Å². The van der Waals surface area contributed by atoms with E-state index in [2.05, 4.69) is 22.1 Å². The molecule has 1 aliphatic heterocycles. The van der Waals surface area contributed by atoms with Crippen molar-refractivity contribution in [1.82, 2.24) is 15.5 Å². The van der Waals surface area contributed by atoms with Crippen molar-refractivity contribution in [2.24, 2.45) is 0 Å². The van der Waals surface area contributed by atoms with Gasteiger partial charge in [-0.25, -0.2) is 0 Å². The number of hydrogen-bond donors (Lipinski definition) is 2. The normalized spacial score (nSPS) is 20.1. The fraction of sp³-hybridized carbons (Fsp3) is 0.700. The second-order valence-electron chi connectivity index (χ2n) is 3.72. The van der Waals surface area contributed by atoms with Gasteiger partial charge < -0.3 is 10.6 Å². The number of carbonyl (C=O) groups is 1. The highest BCUT2D eigenvalue weighted by molar-refractivity contribution is 5.92. The van der Waals surface area contributed by atoms with Crippen molar-refractivity contribution < 1.29 is 4.79 Å². The maximum absolute atomic E-state index is 11.3. The highest BCUT2D eigenvalue weighted by Gasteiger charge is 2.17. The molecule has 4 nitrogen and oxygen atoms in total. The third-order valence-electron chi connectivity index (χ3n) is 2.43. The van der Waals surface area contributed by atoms with Crippen molar-refractivity contribution in [3.63, 3.8) is 0 Å². The van der Waals surface area contributed by atoms with Crippen molar-refractivity contribution in [2.75, 3.05) is 26.2 Å².